The molecule has 2 rings (SSSR count). The largest absolute Gasteiger partial charge is 0.454 e. The molecule has 0 aromatic carbocycles. The molecule has 1 N–H and O–H groups in total. The van der Waals surface area contributed by atoms with E-state index in [1.807, 2.05) is 19.0 Å². The monoisotopic (exact) mass is 410 g/mol. The van der Waals surface area contributed by atoms with Gasteiger partial charge in [-0.2, -0.15) is 5.10 Å². The summed E-state index contributed by atoms with van der Waals surface area (Å²) in [6.45, 7) is 0.877. The van der Waals surface area contributed by atoms with Gasteiger partial charge in [0.25, 0.3) is 18.8 Å². The van der Waals surface area contributed by atoms with Gasteiger partial charge >= 0.3 is 0 Å². The summed E-state index contributed by atoms with van der Waals surface area (Å²) in [6, 6.07) is 2.76. The van der Waals surface area contributed by atoms with Crippen molar-refractivity contribution >= 4 is 17.5 Å². The molecule has 0 spiro atoms. The summed E-state index contributed by atoms with van der Waals surface area (Å²) in [4.78, 5) is 14.0. The summed E-state index contributed by atoms with van der Waals surface area (Å²) in [5.74, 6) is -0.364. The summed E-state index contributed by atoms with van der Waals surface area (Å²) in [5, 5.41) is 5.34. The average Bonchev–Trinajstić information content (AvgIpc) is 3.16. The van der Waals surface area contributed by atoms with E-state index in [4.69, 9.17) is 16.0 Å². The third-order valence-corrected chi connectivity index (χ3v) is 4.02. The van der Waals surface area contributed by atoms with E-state index >= 15 is 0 Å². The Morgan fingerprint density at radius 2 is 2.00 bits per heavy atom. The Hall–Kier alpha value is -2.07. The Balaban J connectivity index is 2.07. The lowest BCUT2D eigenvalue weighted by atomic mass is 10.3. The van der Waals surface area contributed by atoms with Crippen LogP contribution in [0.15, 0.2) is 16.5 Å². The number of rotatable bonds is 9. The van der Waals surface area contributed by atoms with E-state index in [1.54, 1.807) is 0 Å². The maximum atomic E-state index is 13.1. The van der Waals surface area contributed by atoms with Gasteiger partial charge in [0, 0.05) is 6.54 Å². The Kier molecular flexibility index (Phi) is 7.25. The van der Waals surface area contributed by atoms with E-state index < -0.39 is 35.2 Å². The number of amides is 1. The quantitative estimate of drug-likeness (QED) is 0.505. The van der Waals surface area contributed by atoms with Gasteiger partial charge in [-0.3, -0.25) is 9.48 Å². The number of nitrogens with zero attached hydrogens (tertiary/aromatic N) is 3. The minimum atomic E-state index is -3.09. The van der Waals surface area contributed by atoms with Crippen molar-refractivity contribution in [3.63, 3.8) is 0 Å². The standard InChI is InChI=1S/C16H19ClF4N4O2/c1-24(2)7-3-6-22-16(26)10-5-4-9(27-10)8-25-13(15(20)21)11(17)12(23-25)14(18)19/h4-5,14-15H,3,6-8H2,1-2H3,(H,22,26). The second-order valence-electron chi connectivity index (χ2n) is 6.02. The third-order valence-electron chi connectivity index (χ3n) is 3.63. The van der Waals surface area contributed by atoms with E-state index in [-0.39, 0.29) is 18.1 Å². The van der Waals surface area contributed by atoms with Gasteiger partial charge in [0.05, 0.1) is 11.6 Å². The molecule has 0 atom stereocenters. The van der Waals surface area contributed by atoms with Crippen LogP contribution in [0.3, 0.4) is 0 Å². The molecule has 6 nitrogen and oxygen atoms in total. The summed E-state index contributed by atoms with van der Waals surface area (Å²) in [7, 11) is 3.82. The minimum absolute atomic E-state index is 0.0132. The first-order valence-corrected chi connectivity index (χ1v) is 8.42. The lowest BCUT2D eigenvalue weighted by Crippen LogP contribution is -2.26. The number of hydrogen-bond donors (Lipinski definition) is 1. The number of alkyl halides is 4. The Morgan fingerprint density at radius 3 is 2.59 bits per heavy atom. The molecule has 0 unspecified atom stereocenters. The molecule has 0 saturated carbocycles. The van der Waals surface area contributed by atoms with Crippen LogP contribution in [0.5, 0.6) is 0 Å². The highest BCUT2D eigenvalue weighted by Gasteiger charge is 2.28. The fourth-order valence-corrected chi connectivity index (χ4v) is 2.66. The number of furan rings is 1. The first-order valence-electron chi connectivity index (χ1n) is 8.04. The average molecular weight is 411 g/mol. The molecular formula is C16H19ClF4N4O2. The van der Waals surface area contributed by atoms with Gasteiger partial charge in [-0.15, -0.1) is 0 Å². The predicted molar refractivity (Wildman–Crippen MR) is 90.5 cm³/mol. The van der Waals surface area contributed by atoms with Crippen molar-refractivity contribution in [1.82, 2.24) is 20.0 Å². The molecule has 150 valence electrons. The zero-order valence-electron chi connectivity index (χ0n) is 14.7. The van der Waals surface area contributed by atoms with Crippen LogP contribution in [0.25, 0.3) is 0 Å². The molecule has 0 radical (unpaired) electrons. The van der Waals surface area contributed by atoms with Crippen LogP contribution in [0.2, 0.25) is 5.02 Å². The van der Waals surface area contributed by atoms with Crippen LogP contribution in [-0.4, -0.2) is 47.8 Å². The number of aromatic nitrogens is 2. The van der Waals surface area contributed by atoms with E-state index in [9.17, 15) is 22.4 Å². The molecule has 2 aromatic rings. The van der Waals surface area contributed by atoms with Gasteiger partial charge in [-0.05, 0) is 39.2 Å². The van der Waals surface area contributed by atoms with Gasteiger partial charge in [0.2, 0.25) is 0 Å². The molecule has 2 aromatic heterocycles. The van der Waals surface area contributed by atoms with Gasteiger partial charge in [-0.25, -0.2) is 17.6 Å². The molecule has 0 saturated heterocycles. The van der Waals surface area contributed by atoms with Gasteiger partial charge in [-0.1, -0.05) is 11.6 Å². The molecule has 0 bridgehead atoms. The van der Waals surface area contributed by atoms with Crippen molar-refractivity contribution in [1.29, 1.82) is 0 Å². The Labute approximate surface area is 158 Å². The second kappa shape index (κ2) is 9.23. The second-order valence-corrected chi connectivity index (χ2v) is 6.40. The number of nitrogens with one attached hydrogen (secondary N) is 1. The zero-order valence-corrected chi connectivity index (χ0v) is 15.4. The van der Waals surface area contributed by atoms with Crippen LogP contribution in [0.1, 0.15) is 47.0 Å². The molecule has 0 aliphatic rings. The molecule has 27 heavy (non-hydrogen) atoms. The summed E-state index contributed by atoms with van der Waals surface area (Å²) in [6.07, 6.45) is -5.44. The fraction of sp³-hybridized carbons (Fsp3) is 0.500. The number of carbonyl (C=O) groups is 1. The van der Waals surface area contributed by atoms with Crippen LogP contribution in [0, 0.1) is 0 Å². The van der Waals surface area contributed by atoms with Crippen LogP contribution < -0.4 is 5.32 Å². The molecule has 0 aliphatic carbocycles. The fourth-order valence-electron chi connectivity index (χ4n) is 2.36. The van der Waals surface area contributed by atoms with Crippen molar-refractivity contribution in [3.8, 4) is 0 Å². The minimum Gasteiger partial charge on any atom is -0.454 e. The van der Waals surface area contributed by atoms with E-state index in [2.05, 4.69) is 10.4 Å². The lowest BCUT2D eigenvalue weighted by molar-refractivity contribution is 0.0922. The van der Waals surface area contributed by atoms with Gasteiger partial charge in [0.15, 0.2) is 5.76 Å². The predicted octanol–water partition coefficient (Wildman–Crippen LogP) is 3.73. The SMILES string of the molecule is CN(C)CCCNC(=O)c1ccc(Cn2nc(C(F)F)c(Cl)c2C(F)F)o1. The van der Waals surface area contributed by atoms with Crippen LogP contribution >= 0.6 is 11.6 Å². The highest BCUT2D eigenvalue weighted by molar-refractivity contribution is 6.32. The third kappa shape index (κ3) is 5.46. The van der Waals surface area contributed by atoms with Crippen LogP contribution in [0.4, 0.5) is 17.6 Å². The number of hydrogen-bond acceptors (Lipinski definition) is 4. The Morgan fingerprint density at radius 1 is 1.30 bits per heavy atom. The highest BCUT2D eigenvalue weighted by Crippen LogP contribution is 2.34. The number of halogens is 5. The normalized spacial score (nSPS) is 11.8. The smallest absolute Gasteiger partial charge is 0.286 e. The summed E-state index contributed by atoms with van der Waals surface area (Å²) in [5.41, 5.74) is -1.74. The summed E-state index contributed by atoms with van der Waals surface area (Å²) >= 11 is 5.59. The van der Waals surface area contributed by atoms with Crippen molar-refractivity contribution in [3.05, 3.63) is 40.1 Å². The molecular weight excluding hydrogens is 392 g/mol. The van der Waals surface area contributed by atoms with E-state index in [1.165, 1.54) is 12.1 Å². The molecule has 0 fully saturated rings. The molecule has 2 heterocycles. The van der Waals surface area contributed by atoms with Crippen molar-refractivity contribution in [2.45, 2.75) is 25.8 Å². The first-order chi connectivity index (χ1) is 12.7. The molecule has 0 aliphatic heterocycles. The van der Waals surface area contributed by atoms with Crippen molar-refractivity contribution in [2.24, 2.45) is 0 Å². The van der Waals surface area contributed by atoms with Gasteiger partial charge < -0.3 is 14.6 Å². The molecule has 11 heteroatoms. The Bertz CT molecular complexity index is 777. The first kappa shape index (κ1) is 21.2. The van der Waals surface area contributed by atoms with Crippen molar-refractivity contribution < 1.29 is 26.8 Å². The highest BCUT2D eigenvalue weighted by atomic mass is 35.5. The van der Waals surface area contributed by atoms with E-state index in [0.717, 1.165) is 13.0 Å². The molecule has 1 amide bonds. The van der Waals surface area contributed by atoms with Crippen LogP contribution in [-0.2, 0) is 6.54 Å². The zero-order chi connectivity index (χ0) is 20.1. The maximum Gasteiger partial charge on any atom is 0.286 e. The summed E-state index contributed by atoms with van der Waals surface area (Å²) < 4.78 is 57.9. The van der Waals surface area contributed by atoms with E-state index in [0.29, 0.717) is 11.2 Å². The van der Waals surface area contributed by atoms with Crippen molar-refractivity contribution in [2.75, 3.05) is 27.2 Å². The maximum absolute atomic E-state index is 13.1. The van der Waals surface area contributed by atoms with Gasteiger partial charge in [0.1, 0.15) is 17.1 Å². The number of carbonyl (C=O) groups excluding carboxylic acids is 1. The lowest BCUT2D eigenvalue weighted by Gasteiger charge is -2.09. The topological polar surface area (TPSA) is 63.3 Å².